The summed E-state index contributed by atoms with van der Waals surface area (Å²) >= 11 is 0. The molecule has 1 fully saturated rings. The molecule has 2 N–H and O–H groups in total. The molecule has 2 amide bonds. The van der Waals surface area contributed by atoms with Gasteiger partial charge in [-0.25, -0.2) is 0 Å². The Morgan fingerprint density at radius 2 is 1.70 bits per heavy atom. The predicted octanol–water partition coefficient (Wildman–Crippen LogP) is 3.59. The van der Waals surface area contributed by atoms with Gasteiger partial charge >= 0.3 is 0 Å². The molecule has 0 bridgehead atoms. The van der Waals surface area contributed by atoms with Crippen molar-refractivity contribution in [3.63, 3.8) is 0 Å². The maximum absolute atomic E-state index is 12.2. The van der Waals surface area contributed by atoms with E-state index in [-0.39, 0.29) is 24.4 Å². The summed E-state index contributed by atoms with van der Waals surface area (Å²) in [6.45, 7) is 2.42. The summed E-state index contributed by atoms with van der Waals surface area (Å²) < 4.78 is 23.4. The van der Waals surface area contributed by atoms with E-state index in [1.165, 1.54) is 4.90 Å². The Bertz CT molecular complexity index is 1250. The Morgan fingerprint density at radius 1 is 0.975 bits per heavy atom. The molecule has 1 unspecified atom stereocenters. The SMILES string of the molecule is COc1ccccc1COCCCOc1ccc(C(Oc2ccc(C(=O)N(C)C)cc2)[C@H]2CNCC(=O)N2)cc1. The number of piperazine rings is 1. The lowest BCUT2D eigenvalue weighted by atomic mass is 10.00. The van der Waals surface area contributed by atoms with Crippen LogP contribution in [0.4, 0.5) is 0 Å². The van der Waals surface area contributed by atoms with E-state index in [4.69, 9.17) is 18.9 Å². The molecular weight excluding hydrogens is 510 g/mol. The van der Waals surface area contributed by atoms with E-state index in [2.05, 4.69) is 10.6 Å². The fraction of sp³-hybridized carbons (Fsp3) is 0.355. The fourth-order valence-corrected chi connectivity index (χ4v) is 4.41. The van der Waals surface area contributed by atoms with Crippen LogP contribution in [0.1, 0.15) is 34.0 Å². The summed E-state index contributed by atoms with van der Waals surface area (Å²) in [6, 6.07) is 22.3. The average Bonchev–Trinajstić information content (AvgIpc) is 2.98. The second-order valence-corrected chi connectivity index (χ2v) is 9.70. The summed E-state index contributed by atoms with van der Waals surface area (Å²) in [5.41, 5.74) is 2.49. The lowest BCUT2D eigenvalue weighted by Crippen LogP contribution is -2.55. The number of para-hydroxylation sites is 1. The van der Waals surface area contributed by atoms with Gasteiger partial charge in [0.2, 0.25) is 5.91 Å². The monoisotopic (exact) mass is 547 g/mol. The minimum absolute atomic E-state index is 0.0783. The van der Waals surface area contributed by atoms with Crippen LogP contribution in [0, 0.1) is 0 Å². The van der Waals surface area contributed by atoms with Crippen LogP contribution < -0.4 is 24.8 Å². The largest absolute Gasteiger partial charge is 0.496 e. The number of methoxy groups -OCH3 is 1. The molecule has 0 aromatic heterocycles. The Balaban J connectivity index is 1.33. The molecule has 212 valence electrons. The van der Waals surface area contributed by atoms with Gasteiger partial charge in [0.05, 0.1) is 39.5 Å². The first-order chi connectivity index (χ1) is 19.4. The van der Waals surface area contributed by atoms with E-state index in [1.807, 2.05) is 48.5 Å². The molecule has 1 aliphatic heterocycles. The number of rotatable bonds is 13. The van der Waals surface area contributed by atoms with Crippen molar-refractivity contribution in [3.8, 4) is 17.2 Å². The molecule has 2 atom stereocenters. The molecule has 0 saturated carbocycles. The predicted molar refractivity (Wildman–Crippen MR) is 152 cm³/mol. The maximum Gasteiger partial charge on any atom is 0.253 e. The van der Waals surface area contributed by atoms with Crippen LogP contribution in [0.25, 0.3) is 0 Å². The molecule has 0 aliphatic carbocycles. The second-order valence-electron chi connectivity index (χ2n) is 9.70. The molecule has 4 rings (SSSR count). The number of hydrogen-bond acceptors (Lipinski definition) is 7. The van der Waals surface area contributed by atoms with Crippen molar-refractivity contribution in [2.45, 2.75) is 25.2 Å². The number of hydrogen-bond donors (Lipinski definition) is 2. The quantitative estimate of drug-likeness (QED) is 0.316. The number of carbonyl (C=O) groups excluding carboxylic acids is 2. The molecule has 3 aromatic carbocycles. The summed E-state index contributed by atoms with van der Waals surface area (Å²) in [7, 11) is 5.08. The smallest absolute Gasteiger partial charge is 0.253 e. The number of nitrogens with one attached hydrogen (secondary N) is 2. The first-order valence-corrected chi connectivity index (χ1v) is 13.4. The average molecular weight is 548 g/mol. The number of ether oxygens (including phenoxy) is 4. The van der Waals surface area contributed by atoms with Crippen LogP contribution in [-0.4, -0.2) is 70.3 Å². The van der Waals surface area contributed by atoms with Gasteiger partial charge in [-0.15, -0.1) is 0 Å². The van der Waals surface area contributed by atoms with E-state index >= 15 is 0 Å². The third-order valence-corrected chi connectivity index (χ3v) is 6.49. The van der Waals surface area contributed by atoms with Crippen LogP contribution in [0.15, 0.2) is 72.8 Å². The third kappa shape index (κ3) is 7.97. The van der Waals surface area contributed by atoms with Crippen molar-refractivity contribution in [2.75, 3.05) is 47.5 Å². The number of amides is 2. The van der Waals surface area contributed by atoms with Gasteiger partial charge in [0.25, 0.3) is 5.91 Å². The topological polar surface area (TPSA) is 98.4 Å². The van der Waals surface area contributed by atoms with Gasteiger partial charge in [0.1, 0.15) is 23.4 Å². The minimum atomic E-state index is -0.440. The van der Waals surface area contributed by atoms with Crippen LogP contribution in [-0.2, 0) is 16.1 Å². The minimum Gasteiger partial charge on any atom is -0.496 e. The zero-order valence-corrected chi connectivity index (χ0v) is 23.2. The molecule has 40 heavy (non-hydrogen) atoms. The molecular formula is C31H37N3O6. The van der Waals surface area contributed by atoms with Gasteiger partial charge in [0.15, 0.2) is 0 Å². The van der Waals surface area contributed by atoms with Crippen molar-refractivity contribution in [1.29, 1.82) is 0 Å². The Hall–Kier alpha value is -4.08. The van der Waals surface area contributed by atoms with Gasteiger partial charge in [-0.2, -0.15) is 0 Å². The van der Waals surface area contributed by atoms with Crippen molar-refractivity contribution in [1.82, 2.24) is 15.5 Å². The molecule has 0 radical (unpaired) electrons. The van der Waals surface area contributed by atoms with Crippen molar-refractivity contribution in [2.24, 2.45) is 0 Å². The van der Waals surface area contributed by atoms with Crippen LogP contribution >= 0.6 is 0 Å². The summed E-state index contributed by atoms with van der Waals surface area (Å²) in [5, 5.41) is 6.17. The van der Waals surface area contributed by atoms with Crippen molar-refractivity contribution < 1.29 is 28.5 Å². The Labute approximate surface area is 235 Å². The highest BCUT2D eigenvalue weighted by atomic mass is 16.5. The lowest BCUT2D eigenvalue weighted by molar-refractivity contribution is -0.123. The Morgan fingerprint density at radius 3 is 2.40 bits per heavy atom. The lowest BCUT2D eigenvalue weighted by Gasteiger charge is -2.32. The molecule has 0 spiro atoms. The molecule has 9 nitrogen and oxygen atoms in total. The van der Waals surface area contributed by atoms with Gasteiger partial charge < -0.3 is 34.5 Å². The molecule has 1 heterocycles. The highest BCUT2D eigenvalue weighted by Crippen LogP contribution is 2.28. The van der Waals surface area contributed by atoms with Gasteiger partial charge in [-0.1, -0.05) is 30.3 Å². The summed E-state index contributed by atoms with van der Waals surface area (Å²) in [6.07, 6.45) is 0.305. The van der Waals surface area contributed by atoms with Crippen molar-refractivity contribution >= 4 is 11.8 Å². The maximum atomic E-state index is 12.2. The van der Waals surface area contributed by atoms with E-state index < -0.39 is 6.10 Å². The van der Waals surface area contributed by atoms with E-state index in [0.717, 1.165) is 29.0 Å². The van der Waals surface area contributed by atoms with Crippen LogP contribution in [0.3, 0.4) is 0 Å². The van der Waals surface area contributed by atoms with Crippen LogP contribution in [0.5, 0.6) is 17.2 Å². The Kier molecular flexibility index (Phi) is 10.4. The zero-order valence-electron chi connectivity index (χ0n) is 23.2. The normalized spacial score (nSPS) is 15.6. The standard InChI is InChI=1S/C31H37N3O6/c1-34(2)31(36)23-11-15-26(16-12-23)40-30(27-19-32-20-29(35)33-27)22-9-13-25(14-10-22)39-18-6-17-38-21-24-7-4-5-8-28(24)37-3/h4-5,7-16,27,30,32H,6,17-21H2,1-3H3,(H,33,35)/t27-,30?/m1/s1. The molecule has 1 saturated heterocycles. The number of nitrogens with zero attached hydrogens (tertiary/aromatic N) is 1. The zero-order chi connectivity index (χ0) is 28.3. The van der Waals surface area contributed by atoms with Gasteiger partial charge in [0, 0.05) is 38.2 Å². The second kappa shape index (κ2) is 14.3. The molecule has 9 heteroatoms. The first kappa shape index (κ1) is 28.9. The number of carbonyl (C=O) groups is 2. The van der Waals surface area contributed by atoms with Gasteiger partial charge in [-0.3, -0.25) is 9.59 Å². The molecule has 1 aliphatic rings. The van der Waals surface area contributed by atoms with Crippen molar-refractivity contribution in [3.05, 3.63) is 89.5 Å². The number of benzene rings is 3. The summed E-state index contributed by atoms with van der Waals surface area (Å²) in [5.74, 6) is 2.01. The fourth-order valence-electron chi connectivity index (χ4n) is 4.41. The highest BCUT2D eigenvalue weighted by molar-refractivity contribution is 5.93. The summed E-state index contributed by atoms with van der Waals surface area (Å²) in [4.78, 5) is 25.9. The van der Waals surface area contributed by atoms with Gasteiger partial charge in [-0.05, 0) is 48.0 Å². The van der Waals surface area contributed by atoms with E-state index in [0.29, 0.717) is 37.7 Å². The van der Waals surface area contributed by atoms with E-state index in [1.54, 1.807) is 45.5 Å². The first-order valence-electron chi connectivity index (χ1n) is 13.4. The molecule has 3 aromatic rings. The third-order valence-electron chi connectivity index (χ3n) is 6.49. The van der Waals surface area contributed by atoms with E-state index in [9.17, 15) is 9.59 Å². The van der Waals surface area contributed by atoms with Crippen LogP contribution in [0.2, 0.25) is 0 Å². The highest BCUT2D eigenvalue weighted by Gasteiger charge is 2.29.